The summed E-state index contributed by atoms with van der Waals surface area (Å²) in [6.45, 7) is 3.62. The normalized spacial score (nSPS) is 14.7. The second-order valence-electron chi connectivity index (χ2n) is 8.95. The standard InChI is InChI=1S/C27H34N4O5/c1-18(28-27(33)19-15-22(34-2)25(36-4)23(16-19)35-3)26-29-20-11-7-8-12-21(20)31(26)17-24(32)30-13-9-5-6-10-14-30/h7-8,11-12,15-16,18H,5-6,9-10,13-14,17H2,1-4H3,(H,28,33). The Labute approximate surface area is 211 Å². The molecule has 9 nitrogen and oxygen atoms in total. The molecule has 192 valence electrons. The number of rotatable bonds is 8. The molecule has 1 aliphatic heterocycles. The quantitative estimate of drug-likeness (QED) is 0.510. The number of carbonyl (C=O) groups excluding carboxylic acids is 2. The zero-order chi connectivity index (χ0) is 25.7. The van der Waals surface area contributed by atoms with Gasteiger partial charge in [-0.05, 0) is 44.0 Å². The van der Waals surface area contributed by atoms with Crippen LogP contribution in [0.25, 0.3) is 11.0 Å². The highest BCUT2D eigenvalue weighted by atomic mass is 16.5. The average Bonchev–Trinajstić information content (AvgIpc) is 3.05. The van der Waals surface area contributed by atoms with Gasteiger partial charge >= 0.3 is 0 Å². The van der Waals surface area contributed by atoms with Gasteiger partial charge in [0.1, 0.15) is 12.4 Å². The summed E-state index contributed by atoms with van der Waals surface area (Å²) in [5.41, 5.74) is 2.01. The Hall–Kier alpha value is -3.75. The second-order valence-corrected chi connectivity index (χ2v) is 8.95. The van der Waals surface area contributed by atoms with E-state index in [1.165, 1.54) is 21.3 Å². The summed E-state index contributed by atoms with van der Waals surface area (Å²) in [7, 11) is 4.52. The van der Waals surface area contributed by atoms with Crippen LogP contribution >= 0.6 is 0 Å². The third-order valence-corrected chi connectivity index (χ3v) is 6.60. The van der Waals surface area contributed by atoms with Gasteiger partial charge in [0, 0.05) is 18.7 Å². The molecule has 3 aromatic rings. The molecule has 4 rings (SSSR count). The lowest BCUT2D eigenvalue weighted by atomic mass is 10.1. The predicted octanol–water partition coefficient (Wildman–Crippen LogP) is 3.96. The van der Waals surface area contributed by atoms with Crippen molar-refractivity contribution in [3.63, 3.8) is 0 Å². The molecule has 2 amide bonds. The molecule has 36 heavy (non-hydrogen) atoms. The number of methoxy groups -OCH3 is 3. The summed E-state index contributed by atoms with van der Waals surface area (Å²) in [5, 5.41) is 3.02. The molecular weight excluding hydrogens is 460 g/mol. The number of fused-ring (bicyclic) bond motifs is 1. The lowest BCUT2D eigenvalue weighted by Crippen LogP contribution is -2.36. The minimum atomic E-state index is -0.457. The third-order valence-electron chi connectivity index (χ3n) is 6.60. The fraction of sp³-hybridized carbons (Fsp3) is 0.444. The molecule has 0 aliphatic carbocycles. The number of imidazole rings is 1. The van der Waals surface area contributed by atoms with Gasteiger partial charge in [-0.1, -0.05) is 25.0 Å². The first-order chi connectivity index (χ1) is 17.5. The molecule has 1 atom stereocenters. The number of hydrogen-bond acceptors (Lipinski definition) is 6. The van der Waals surface area contributed by atoms with Crippen LogP contribution in [0.1, 0.15) is 54.8 Å². The van der Waals surface area contributed by atoms with Crippen molar-refractivity contribution >= 4 is 22.8 Å². The highest BCUT2D eigenvalue weighted by molar-refractivity contribution is 5.96. The monoisotopic (exact) mass is 494 g/mol. The first-order valence-electron chi connectivity index (χ1n) is 12.3. The van der Waals surface area contributed by atoms with E-state index in [1.807, 2.05) is 40.7 Å². The number of hydrogen-bond donors (Lipinski definition) is 1. The number of ether oxygens (including phenoxy) is 3. The van der Waals surface area contributed by atoms with E-state index in [-0.39, 0.29) is 18.4 Å². The van der Waals surface area contributed by atoms with Gasteiger partial charge in [0.05, 0.1) is 38.4 Å². The van der Waals surface area contributed by atoms with Crippen LogP contribution < -0.4 is 19.5 Å². The minimum Gasteiger partial charge on any atom is -0.493 e. The van der Waals surface area contributed by atoms with Crippen molar-refractivity contribution in [1.29, 1.82) is 0 Å². The van der Waals surface area contributed by atoms with Crippen LogP contribution in [0, 0.1) is 0 Å². The van der Waals surface area contributed by atoms with Gasteiger partial charge in [-0.15, -0.1) is 0 Å². The Balaban J connectivity index is 1.61. The van der Waals surface area contributed by atoms with Gasteiger partial charge in [0.2, 0.25) is 11.7 Å². The molecule has 1 aliphatic rings. The first-order valence-corrected chi connectivity index (χ1v) is 12.3. The summed E-state index contributed by atoms with van der Waals surface area (Å²) in [6.07, 6.45) is 4.38. The lowest BCUT2D eigenvalue weighted by molar-refractivity contribution is -0.131. The molecule has 9 heteroatoms. The van der Waals surface area contributed by atoms with Gasteiger partial charge in [-0.2, -0.15) is 0 Å². The van der Waals surface area contributed by atoms with Crippen molar-refractivity contribution in [2.75, 3.05) is 34.4 Å². The Bertz CT molecular complexity index is 1210. The minimum absolute atomic E-state index is 0.0736. The Morgan fingerprint density at radius 2 is 1.61 bits per heavy atom. The molecule has 1 fully saturated rings. The number of nitrogens with one attached hydrogen (secondary N) is 1. The van der Waals surface area contributed by atoms with Gasteiger partial charge in [0.25, 0.3) is 5.91 Å². The second kappa shape index (κ2) is 11.3. The van der Waals surface area contributed by atoms with E-state index in [2.05, 4.69) is 5.32 Å². The van der Waals surface area contributed by atoms with E-state index < -0.39 is 6.04 Å². The van der Waals surface area contributed by atoms with Crippen molar-refractivity contribution in [3.8, 4) is 17.2 Å². The lowest BCUT2D eigenvalue weighted by Gasteiger charge is -2.22. The molecule has 0 bridgehead atoms. The van der Waals surface area contributed by atoms with Crippen molar-refractivity contribution in [2.24, 2.45) is 0 Å². The smallest absolute Gasteiger partial charge is 0.252 e. The first kappa shape index (κ1) is 25.3. The van der Waals surface area contributed by atoms with E-state index in [0.29, 0.717) is 28.6 Å². The molecule has 1 N–H and O–H groups in total. The van der Waals surface area contributed by atoms with Gasteiger partial charge in [-0.3, -0.25) is 9.59 Å². The molecule has 0 radical (unpaired) electrons. The van der Waals surface area contributed by atoms with Crippen LogP contribution in [-0.2, 0) is 11.3 Å². The van der Waals surface area contributed by atoms with Gasteiger partial charge in [0.15, 0.2) is 11.5 Å². The van der Waals surface area contributed by atoms with E-state index in [4.69, 9.17) is 19.2 Å². The Morgan fingerprint density at radius 3 is 2.22 bits per heavy atom. The molecular formula is C27H34N4O5. The molecule has 1 unspecified atom stereocenters. The topological polar surface area (TPSA) is 94.9 Å². The average molecular weight is 495 g/mol. The van der Waals surface area contributed by atoms with Crippen LogP contribution in [0.4, 0.5) is 0 Å². The van der Waals surface area contributed by atoms with Crippen LogP contribution in [0.2, 0.25) is 0 Å². The number of amides is 2. The van der Waals surface area contributed by atoms with Crippen LogP contribution in [0.3, 0.4) is 0 Å². The number of aromatic nitrogens is 2. The maximum atomic E-state index is 13.2. The summed E-state index contributed by atoms with van der Waals surface area (Å²) in [6, 6.07) is 10.5. The number of benzene rings is 2. The summed E-state index contributed by atoms with van der Waals surface area (Å²) < 4.78 is 18.0. The zero-order valence-electron chi connectivity index (χ0n) is 21.4. The Morgan fingerprint density at radius 1 is 0.972 bits per heavy atom. The largest absolute Gasteiger partial charge is 0.493 e. The van der Waals surface area contributed by atoms with Gasteiger partial charge < -0.3 is 29.0 Å². The molecule has 0 saturated carbocycles. The fourth-order valence-corrected chi connectivity index (χ4v) is 4.70. The Kier molecular flexibility index (Phi) is 7.97. The summed E-state index contributed by atoms with van der Waals surface area (Å²) in [4.78, 5) is 33.2. The van der Waals surface area contributed by atoms with Crippen LogP contribution in [-0.4, -0.2) is 60.7 Å². The van der Waals surface area contributed by atoms with Crippen molar-refractivity contribution in [1.82, 2.24) is 19.8 Å². The predicted molar refractivity (Wildman–Crippen MR) is 137 cm³/mol. The van der Waals surface area contributed by atoms with Gasteiger partial charge in [-0.25, -0.2) is 4.98 Å². The number of para-hydroxylation sites is 2. The highest BCUT2D eigenvalue weighted by Gasteiger charge is 2.24. The zero-order valence-corrected chi connectivity index (χ0v) is 21.4. The van der Waals surface area contributed by atoms with Crippen LogP contribution in [0.15, 0.2) is 36.4 Å². The number of likely N-dealkylation sites (tertiary alicyclic amines) is 1. The summed E-state index contributed by atoms with van der Waals surface area (Å²) >= 11 is 0. The molecule has 1 saturated heterocycles. The van der Waals surface area contributed by atoms with Crippen molar-refractivity contribution in [2.45, 2.75) is 45.2 Å². The van der Waals surface area contributed by atoms with E-state index >= 15 is 0 Å². The van der Waals surface area contributed by atoms with E-state index in [1.54, 1.807) is 12.1 Å². The highest BCUT2D eigenvalue weighted by Crippen LogP contribution is 2.38. The van der Waals surface area contributed by atoms with E-state index in [9.17, 15) is 9.59 Å². The summed E-state index contributed by atoms with van der Waals surface area (Å²) in [5.74, 6) is 1.58. The van der Waals surface area contributed by atoms with E-state index in [0.717, 1.165) is 49.8 Å². The number of carbonyl (C=O) groups is 2. The van der Waals surface area contributed by atoms with Crippen molar-refractivity contribution in [3.05, 3.63) is 47.8 Å². The molecule has 0 spiro atoms. The fourth-order valence-electron chi connectivity index (χ4n) is 4.70. The third kappa shape index (κ3) is 5.24. The number of nitrogens with zero attached hydrogens (tertiary/aromatic N) is 3. The SMILES string of the molecule is COc1cc(C(=O)NC(C)c2nc3ccccc3n2CC(=O)N2CCCCCC2)cc(OC)c1OC. The molecule has 1 aromatic heterocycles. The van der Waals surface area contributed by atoms with Crippen LogP contribution in [0.5, 0.6) is 17.2 Å². The molecule has 2 aromatic carbocycles. The van der Waals surface area contributed by atoms with Crippen molar-refractivity contribution < 1.29 is 23.8 Å². The maximum Gasteiger partial charge on any atom is 0.252 e. The maximum absolute atomic E-state index is 13.2. The molecule has 2 heterocycles.